The highest BCUT2D eigenvalue weighted by atomic mass is 14.5. The second kappa shape index (κ2) is 7.27. The topological polar surface area (TPSA) is 0 Å². The van der Waals surface area contributed by atoms with Gasteiger partial charge < -0.3 is 0 Å². The van der Waals surface area contributed by atoms with Crippen molar-refractivity contribution in [3.05, 3.63) is 0 Å². The van der Waals surface area contributed by atoms with Crippen molar-refractivity contribution in [3.63, 3.8) is 0 Å². The molecule has 0 heteroatoms. The van der Waals surface area contributed by atoms with Gasteiger partial charge in [-0.3, -0.25) is 0 Å². The first-order valence-corrected chi connectivity index (χ1v) is 10.9. The number of fused-ring (bicyclic) bond motifs is 1. The molecule has 0 amide bonds. The zero-order valence-corrected chi connectivity index (χ0v) is 14.8. The molecular weight excluding hydrogens is 264 g/mol. The van der Waals surface area contributed by atoms with Crippen molar-refractivity contribution in [3.8, 4) is 0 Å². The van der Waals surface area contributed by atoms with Gasteiger partial charge in [0.1, 0.15) is 0 Å². The van der Waals surface area contributed by atoms with E-state index in [4.69, 9.17) is 0 Å². The molecule has 126 valence electrons. The van der Waals surface area contributed by atoms with Gasteiger partial charge in [0.05, 0.1) is 0 Å². The molecular formula is C22H38. The molecule has 0 N–H and O–H groups in total. The summed E-state index contributed by atoms with van der Waals surface area (Å²) in [6.07, 6.45) is 25.2. The fraction of sp³-hybridized carbons (Fsp3) is 1.00. The van der Waals surface area contributed by atoms with Gasteiger partial charge in [0, 0.05) is 0 Å². The molecule has 0 aliphatic heterocycles. The lowest BCUT2D eigenvalue weighted by molar-refractivity contribution is 0.0982. The van der Waals surface area contributed by atoms with Gasteiger partial charge in [-0.1, -0.05) is 77.0 Å². The Morgan fingerprint density at radius 2 is 1.14 bits per heavy atom. The highest BCUT2D eigenvalue weighted by Crippen LogP contribution is 2.53. The van der Waals surface area contributed by atoms with Crippen molar-refractivity contribution in [2.45, 2.75) is 103 Å². The van der Waals surface area contributed by atoms with E-state index in [0.717, 1.165) is 35.5 Å². The first-order chi connectivity index (χ1) is 10.9. The van der Waals surface area contributed by atoms with Crippen molar-refractivity contribution in [1.82, 2.24) is 0 Å². The van der Waals surface area contributed by atoms with Crippen LogP contribution < -0.4 is 0 Å². The molecule has 4 saturated carbocycles. The van der Waals surface area contributed by atoms with Gasteiger partial charge in [-0.25, -0.2) is 0 Å². The van der Waals surface area contributed by atoms with Crippen molar-refractivity contribution in [2.75, 3.05) is 0 Å². The van der Waals surface area contributed by atoms with Crippen LogP contribution >= 0.6 is 0 Å². The van der Waals surface area contributed by atoms with Crippen LogP contribution in [0.5, 0.6) is 0 Å². The van der Waals surface area contributed by atoms with Crippen LogP contribution in [-0.4, -0.2) is 0 Å². The summed E-state index contributed by atoms with van der Waals surface area (Å²) in [6.45, 7) is 0. The summed E-state index contributed by atoms with van der Waals surface area (Å²) in [6, 6.07) is 0. The van der Waals surface area contributed by atoms with E-state index in [1.807, 2.05) is 0 Å². The van der Waals surface area contributed by atoms with Crippen LogP contribution in [0.1, 0.15) is 103 Å². The average molecular weight is 303 g/mol. The largest absolute Gasteiger partial charge is 0.0533 e. The van der Waals surface area contributed by atoms with E-state index < -0.39 is 0 Å². The van der Waals surface area contributed by atoms with Crippen LogP contribution in [0.15, 0.2) is 0 Å². The number of rotatable bonds is 3. The predicted octanol–water partition coefficient (Wildman–Crippen LogP) is 6.98. The van der Waals surface area contributed by atoms with Crippen molar-refractivity contribution in [2.24, 2.45) is 35.5 Å². The maximum Gasteiger partial charge on any atom is -0.0352 e. The standard InChI is InChI=1S/C22H38/c1-3-8-17(9-4-1)14-18-15-20-12-7-13-21(22(20)16-18)19-10-5-2-6-11-19/h17-22H,1-16H2. The summed E-state index contributed by atoms with van der Waals surface area (Å²) in [5.74, 6) is 6.83. The minimum absolute atomic E-state index is 1.12. The van der Waals surface area contributed by atoms with Gasteiger partial charge in [-0.05, 0) is 61.2 Å². The molecule has 0 aromatic rings. The van der Waals surface area contributed by atoms with E-state index in [-0.39, 0.29) is 0 Å². The Hall–Kier alpha value is 0. The molecule has 0 aromatic heterocycles. The summed E-state index contributed by atoms with van der Waals surface area (Å²) >= 11 is 0. The van der Waals surface area contributed by atoms with Gasteiger partial charge in [0.25, 0.3) is 0 Å². The number of hydrogen-bond donors (Lipinski definition) is 0. The zero-order valence-electron chi connectivity index (χ0n) is 14.8. The molecule has 0 radical (unpaired) electrons. The zero-order chi connectivity index (χ0) is 14.8. The Labute approximate surface area is 138 Å². The Morgan fingerprint density at radius 1 is 0.455 bits per heavy atom. The molecule has 0 aromatic carbocycles. The molecule has 0 nitrogen and oxygen atoms in total. The molecule has 4 atom stereocenters. The third-order valence-electron chi connectivity index (χ3n) is 8.16. The Morgan fingerprint density at radius 3 is 1.91 bits per heavy atom. The summed E-state index contributed by atoms with van der Waals surface area (Å²) in [4.78, 5) is 0. The van der Waals surface area contributed by atoms with Gasteiger partial charge in [-0.2, -0.15) is 0 Å². The van der Waals surface area contributed by atoms with Crippen LogP contribution in [0.2, 0.25) is 0 Å². The molecule has 0 spiro atoms. The molecule has 22 heavy (non-hydrogen) atoms. The molecule has 0 heterocycles. The lowest BCUT2D eigenvalue weighted by atomic mass is 9.65. The third-order valence-corrected chi connectivity index (χ3v) is 8.16. The molecule has 4 fully saturated rings. The van der Waals surface area contributed by atoms with E-state index in [9.17, 15) is 0 Å². The van der Waals surface area contributed by atoms with E-state index >= 15 is 0 Å². The van der Waals surface area contributed by atoms with Crippen LogP contribution in [0.25, 0.3) is 0 Å². The van der Waals surface area contributed by atoms with Gasteiger partial charge >= 0.3 is 0 Å². The summed E-state index contributed by atoms with van der Waals surface area (Å²) in [5.41, 5.74) is 0. The lowest BCUT2D eigenvalue weighted by Crippen LogP contribution is -2.31. The Bertz CT molecular complexity index is 334. The van der Waals surface area contributed by atoms with E-state index in [1.54, 1.807) is 77.0 Å². The van der Waals surface area contributed by atoms with Gasteiger partial charge in [-0.15, -0.1) is 0 Å². The van der Waals surface area contributed by atoms with Crippen LogP contribution in [0, 0.1) is 35.5 Å². The van der Waals surface area contributed by atoms with E-state index in [2.05, 4.69) is 0 Å². The summed E-state index contributed by atoms with van der Waals surface area (Å²) < 4.78 is 0. The molecule has 0 bridgehead atoms. The third kappa shape index (κ3) is 3.41. The van der Waals surface area contributed by atoms with Crippen molar-refractivity contribution in [1.29, 1.82) is 0 Å². The normalized spacial score (nSPS) is 41.5. The van der Waals surface area contributed by atoms with E-state index in [0.29, 0.717) is 0 Å². The van der Waals surface area contributed by atoms with Crippen molar-refractivity contribution < 1.29 is 0 Å². The molecule has 0 saturated heterocycles. The molecule has 4 unspecified atom stereocenters. The SMILES string of the molecule is C1CCC(CC2CC3CCCC(C4CCCCC4)C3C2)CC1. The maximum atomic E-state index is 1.64. The van der Waals surface area contributed by atoms with Gasteiger partial charge in [0.2, 0.25) is 0 Å². The molecule has 4 aliphatic carbocycles. The quantitative estimate of drug-likeness (QED) is 0.527. The molecule has 4 rings (SSSR count). The highest BCUT2D eigenvalue weighted by Gasteiger charge is 2.43. The van der Waals surface area contributed by atoms with Crippen LogP contribution in [-0.2, 0) is 0 Å². The van der Waals surface area contributed by atoms with Crippen molar-refractivity contribution >= 4 is 0 Å². The molecule has 4 aliphatic rings. The lowest BCUT2D eigenvalue weighted by Gasteiger charge is -2.40. The first-order valence-electron chi connectivity index (χ1n) is 10.9. The minimum Gasteiger partial charge on any atom is -0.0533 e. The smallest absolute Gasteiger partial charge is 0.0352 e. The Balaban J connectivity index is 1.35. The second-order valence-corrected chi connectivity index (χ2v) is 9.49. The second-order valence-electron chi connectivity index (χ2n) is 9.49. The van der Waals surface area contributed by atoms with Crippen LogP contribution in [0.3, 0.4) is 0 Å². The maximum absolute atomic E-state index is 1.64. The van der Waals surface area contributed by atoms with Crippen LogP contribution in [0.4, 0.5) is 0 Å². The monoisotopic (exact) mass is 302 g/mol. The minimum atomic E-state index is 1.12. The predicted molar refractivity (Wildman–Crippen MR) is 94.8 cm³/mol. The summed E-state index contributed by atoms with van der Waals surface area (Å²) in [5, 5.41) is 0. The average Bonchev–Trinajstić information content (AvgIpc) is 2.99. The fourth-order valence-corrected chi connectivity index (χ4v) is 7.20. The fourth-order valence-electron chi connectivity index (χ4n) is 7.20. The highest BCUT2D eigenvalue weighted by molar-refractivity contribution is 4.94. The summed E-state index contributed by atoms with van der Waals surface area (Å²) in [7, 11) is 0. The number of hydrogen-bond acceptors (Lipinski definition) is 0. The Kier molecular flexibility index (Phi) is 5.13. The first kappa shape index (κ1) is 15.5. The van der Waals surface area contributed by atoms with E-state index in [1.165, 1.54) is 25.7 Å². The van der Waals surface area contributed by atoms with Gasteiger partial charge in [0.15, 0.2) is 0 Å².